The van der Waals surface area contributed by atoms with Crippen LogP contribution in [0.25, 0.3) is 0 Å². The minimum Gasteiger partial charge on any atom is -0.375 e. The van der Waals surface area contributed by atoms with Crippen LogP contribution in [0.4, 0.5) is 5.82 Å². The minimum atomic E-state index is 0.0550. The van der Waals surface area contributed by atoms with Crippen molar-refractivity contribution in [1.82, 2.24) is 4.98 Å². The molecule has 4 nitrogen and oxygen atoms in total. The van der Waals surface area contributed by atoms with E-state index in [1.165, 1.54) is 0 Å². The fraction of sp³-hybridized carbons (Fsp3) is 0.538. The molecule has 1 aromatic heterocycles. The van der Waals surface area contributed by atoms with Crippen molar-refractivity contribution in [1.29, 1.82) is 0 Å². The first-order valence-electron chi connectivity index (χ1n) is 5.93. The number of carbonyl (C=O) groups is 1. The van der Waals surface area contributed by atoms with Gasteiger partial charge < -0.3 is 9.64 Å². The highest BCUT2D eigenvalue weighted by atomic mass is 16.5. The molecule has 2 atom stereocenters. The molecule has 1 saturated heterocycles. The van der Waals surface area contributed by atoms with Crippen molar-refractivity contribution in [3.63, 3.8) is 0 Å². The van der Waals surface area contributed by atoms with Gasteiger partial charge in [0.1, 0.15) is 5.82 Å². The predicted octanol–water partition coefficient (Wildman–Crippen LogP) is 1.90. The number of pyridine rings is 1. The summed E-state index contributed by atoms with van der Waals surface area (Å²) in [4.78, 5) is 18.1. The van der Waals surface area contributed by atoms with E-state index in [1.807, 2.05) is 13.0 Å². The van der Waals surface area contributed by atoms with Crippen LogP contribution in [0.1, 0.15) is 31.1 Å². The number of nitrogens with zero attached hydrogens (tertiary/aromatic N) is 2. The van der Waals surface area contributed by atoms with E-state index < -0.39 is 0 Å². The number of rotatable bonds is 2. The average Bonchev–Trinajstić information content (AvgIpc) is 2.32. The third-order valence-corrected chi connectivity index (χ3v) is 3.05. The summed E-state index contributed by atoms with van der Waals surface area (Å²) in [6.45, 7) is 7.16. The fourth-order valence-corrected chi connectivity index (χ4v) is 2.10. The molecule has 0 aromatic carbocycles. The van der Waals surface area contributed by atoms with Crippen LogP contribution in [0.3, 0.4) is 0 Å². The van der Waals surface area contributed by atoms with Gasteiger partial charge in [-0.15, -0.1) is 0 Å². The zero-order valence-corrected chi connectivity index (χ0v) is 10.5. The number of carbonyl (C=O) groups excluding carboxylic acids is 1. The van der Waals surface area contributed by atoms with Gasteiger partial charge in [-0.2, -0.15) is 0 Å². The zero-order valence-electron chi connectivity index (χ0n) is 10.5. The average molecular weight is 234 g/mol. The third kappa shape index (κ3) is 2.47. The topological polar surface area (TPSA) is 42.4 Å². The van der Waals surface area contributed by atoms with E-state index in [9.17, 15) is 4.79 Å². The van der Waals surface area contributed by atoms with E-state index in [-0.39, 0.29) is 17.9 Å². The monoisotopic (exact) mass is 234 g/mol. The summed E-state index contributed by atoms with van der Waals surface area (Å²) in [5, 5.41) is 0. The number of morpholine rings is 1. The molecule has 2 rings (SSSR count). The largest absolute Gasteiger partial charge is 0.375 e. The second-order valence-electron chi connectivity index (χ2n) is 4.58. The molecule has 92 valence electrons. The van der Waals surface area contributed by atoms with E-state index in [1.54, 1.807) is 19.2 Å². The van der Waals surface area contributed by atoms with E-state index in [4.69, 9.17) is 4.74 Å². The van der Waals surface area contributed by atoms with Crippen molar-refractivity contribution in [3.8, 4) is 0 Å². The van der Waals surface area contributed by atoms with E-state index >= 15 is 0 Å². The highest BCUT2D eigenvalue weighted by Gasteiger charge is 2.26. The first-order valence-corrected chi connectivity index (χ1v) is 5.93. The van der Waals surface area contributed by atoms with Crippen molar-refractivity contribution < 1.29 is 9.53 Å². The van der Waals surface area contributed by atoms with Crippen molar-refractivity contribution in [3.05, 3.63) is 23.9 Å². The molecule has 0 spiro atoms. The van der Waals surface area contributed by atoms with Gasteiger partial charge >= 0.3 is 0 Å². The van der Waals surface area contributed by atoms with Crippen molar-refractivity contribution >= 4 is 11.6 Å². The molecule has 0 aliphatic carbocycles. The number of hydrogen-bond donors (Lipinski definition) is 0. The molecule has 0 bridgehead atoms. The molecule has 0 N–H and O–H groups in total. The fourth-order valence-electron chi connectivity index (χ4n) is 2.10. The lowest BCUT2D eigenvalue weighted by Gasteiger charge is -2.38. The van der Waals surface area contributed by atoms with Crippen LogP contribution in [-0.4, -0.2) is 36.1 Å². The quantitative estimate of drug-likeness (QED) is 0.733. The number of aromatic nitrogens is 1. The van der Waals surface area contributed by atoms with Crippen LogP contribution in [0.2, 0.25) is 0 Å². The Labute approximate surface area is 102 Å². The van der Waals surface area contributed by atoms with E-state index in [2.05, 4.69) is 16.8 Å². The predicted molar refractivity (Wildman–Crippen MR) is 66.5 cm³/mol. The highest BCUT2D eigenvalue weighted by molar-refractivity contribution is 5.98. The zero-order chi connectivity index (χ0) is 12.4. The van der Waals surface area contributed by atoms with Crippen molar-refractivity contribution in [2.75, 3.05) is 18.1 Å². The maximum absolute atomic E-state index is 11.6. The van der Waals surface area contributed by atoms with Crippen molar-refractivity contribution in [2.45, 2.75) is 32.9 Å². The molecule has 0 saturated carbocycles. The van der Waals surface area contributed by atoms with Gasteiger partial charge in [0.2, 0.25) is 0 Å². The van der Waals surface area contributed by atoms with Gasteiger partial charge in [-0.3, -0.25) is 4.79 Å². The Morgan fingerprint density at radius 3 is 3.00 bits per heavy atom. The van der Waals surface area contributed by atoms with Gasteiger partial charge in [0, 0.05) is 12.7 Å². The summed E-state index contributed by atoms with van der Waals surface area (Å²) in [6.07, 6.45) is 1.90. The number of anilines is 1. The van der Waals surface area contributed by atoms with Crippen LogP contribution >= 0.6 is 0 Å². The Morgan fingerprint density at radius 2 is 2.29 bits per heavy atom. The molecular weight excluding hydrogens is 216 g/mol. The lowest BCUT2D eigenvalue weighted by Crippen LogP contribution is -2.48. The van der Waals surface area contributed by atoms with Crippen LogP contribution < -0.4 is 4.90 Å². The normalized spacial score (nSPS) is 24.8. The Morgan fingerprint density at radius 1 is 1.53 bits per heavy atom. The van der Waals surface area contributed by atoms with Gasteiger partial charge in [0.15, 0.2) is 5.78 Å². The maximum Gasteiger partial charge on any atom is 0.163 e. The first kappa shape index (κ1) is 12.0. The van der Waals surface area contributed by atoms with E-state index in [0.29, 0.717) is 12.2 Å². The van der Waals surface area contributed by atoms with Crippen LogP contribution in [0.5, 0.6) is 0 Å². The van der Waals surface area contributed by atoms with Crippen LogP contribution in [-0.2, 0) is 4.74 Å². The SMILES string of the molecule is CC(=O)c1cccnc1N1CC(C)OCC1C. The number of Topliss-reactive ketones (excluding diaryl/α,β-unsaturated/α-hetero) is 1. The number of ketones is 1. The summed E-state index contributed by atoms with van der Waals surface area (Å²) in [5.74, 6) is 0.835. The van der Waals surface area contributed by atoms with Gasteiger partial charge in [-0.05, 0) is 32.9 Å². The van der Waals surface area contributed by atoms with Gasteiger partial charge in [-0.1, -0.05) is 0 Å². The highest BCUT2D eigenvalue weighted by Crippen LogP contribution is 2.23. The Hall–Kier alpha value is -1.42. The molecule has 17 heavy (non-hydrogen) atoms. The molecule has 1 aromatic rings. The van der Waals surface area contributed by atoms with Gasteiger partial charge in [-0.25, -0.2) is 4.98 Å². The molecule has 0 amide bonds. The minimum absolute atomic E-state index is 0.0550. The van der Waals surface area contributed by atoms with Crippen molar-refractivity contribution in [2.24, 2.45) is 0 Å². The standard InChI is InChI=1S/C13H18N2O2/c1-9-8-17-10(2)7-15(9)13-12(11(3)16)5-4-6-14-13/h4-6,9-10H,7-8H2,1-3H3. The second kappa shape index (κ2) is 4.84. The third-order valence-electron chi connectivity index (χ3n) is 3.05. The number of hydrogen-bond acceptors (Lipinski definition) is 4. The molecule has 2 heterocycles. The Kier molecular flexibility index (Phi) is 3.43. The molecule has 1 aliphatic rings. The lowest BCUT2D eigenvalue weighted by molar-refractivity contribution is 0.0339. The van der Waals surface area contributed by atoms with Gasteiger partial charge in [0.05, 0.1) is 24.3 Å². The molecule has 2 unspecified atom stereocenters. The first-order chi connectivity index (χ1) is 8.09. The smallest absolute Gasteiger partial charge is 0.163 e. The summed E-state index contributed by atoms with van der Waals surface area (Å²) in [5.41, 5.74) is 0.688. The number of ether oxygens (including phenoxy) is 1. The van der Waals surface area contributed by atoms with E-state index in [0.717, 1.165) is 12.4 Å². The molecule has 1 fully saturated rings. The summed E-state index contributed by atoms with van der Waals surface area (Å²) in [7, 11) is 0. The lowest BCUT2D eigenvalue weighted by atomic mass is 10.1. The molecule has 1 aliphatic heterocycles. The second-order valence-corrected chi connectivity index (χ2v) is 4.58. The molecule has 4 heteroatoms. The van der Waals surface area contributed by atoms with Crippen LogP contribution in [0.15, 0.2) is 18.3 Å². The summed E-state index contributed by atoms with van der Waals surface area (Å²) < 4.78 is 5.59. The molecule has 0 radical (unpaired) electrons. The Balaban J connectivity index is 2.35. The summed E-state index contributed by atoms with van der Waals surface area (Å²) >= 11 is 0. The molecular formula is C13H18N2O2. The Bertz CT molecular complexity index is 420. The summed E-state index contributed by atoms with van der Waals surface area (Å²) in [6, 6.07) is 3.88. The van der Waals surface area contributed by atoms with Crippen LogP contribution in [0, 0.1) is 0 Å². The van der Waals surface area contributed by atoms with Gasteiger partial charge in [0.25, 0.3) is 0 Å². The maximum atomic E-state index is 11.6.